The molecule has 13 atom stereocenters. The molecule has 0 spiro atoms. The molecule has 1 aliphatic carbocycles. The lowest BCUT2D eigenvalue weighted by atomic mass is 9.78. The van der Waals surface area contributed by atoms with Crippen molar-refractivity contribution in [2.24, 2.45) is 17.8 Å². The number of fused-ring (bicyclic) bond motifs is 1. The number of esters is 1. The van der Waals surface area contributed by atoms with E-state index in [1.54, 1.807) is 32.9 Å². The van der Waals surface area contributed by atoms with Gasteiger partial charge in [-0.3, -0.25) is 19.3 Å². The SMILES string of the molecule is CC[C@H]1OC(=O)C(C)C(=O)[C@H](C)[C@@H](O[C@@H]2O[C@H](CN(C)C(=O)CN(C)C3CC3)C[C@H](N(C)C)[C@H]2O)[C@](C)(OC)C[C@@H](C)CN[C@H](C)[C@H]2NC(=O)O[C@@]21C. The number of carbonyl (C=O) groups is 4. The number of rotatable bonds is 10. The van der Waals surface area contributed by atoms with Crippen molar-refractivity contribution in [1.82, 2.24) is 25.3 Å². The van der Waals surface area contributed by atoms with Crippen LogP contribution >= 0.6 is 0 Å². The fourth-order valence-corrected chi connectivity index (χ4v) is 8.53. The molecule has 15 nitrogen and oxygen atoms in total. The maximum Gasteiger partial charge on any atom is 0.408 e. The third kappa shape index (κ3) is 9.89. The lowest BCUT2D eigenvalue weighted by Gasteiger charge is -2.47. The molecule has 0 radical (unpaired) electrons. The maximum atomic E-state index is 14.3. The summed E-state index contributed by atoms with van der Waals surface area (Å²) in [6, 6.07) is -0.703. The zero-order valence-electron chi connectivity index (χ0n) is 34.0. The Kier molecular flexibility index (Phi) is 14.4. The van der Waals surface area contributed by atoms with Crippen molar-refractivity contribution in [3.05, 3.63) is 0 Å². The van der Waals surface area contributed by atoms with Crippen molar-refractivity contribution in [3.8, 4) is 0 Å². The van der Waals surface area contributed by atoms with Crippen LogP contribution in [0, 0.1) is 17.8 Å². The Morgan fingerprint density at radius 2 is 1.72 bits per heavy atom. The standard InChI is InChI=1S/C38H67N5O10/c1-13-28-38(7)32(40-36(48)53-38)24(5)39-18-21(2)17-37(6,49-12)33(22(3)30(45)23(4)34(47)51-28)52-35-31(46)27(41(8)9)16-26(50-35)19-43(11)29(44)20-42(10)25-14-15-25/h21-28,31-33,35,39,46H,13-20H2,1-12H3,(H,40,48)/t21-,22+,23?,24-,26+,27+,28-,31-,32-,33-,35+,37-,38-/m1/s1. The number of aliphatic hydroxyl groups excluding tert-OH is 1. The summed E-state index contributed by atoms with van der Waals surface area (Å²) in [5.41, 5.74) is -2.27. The summed E-state index contributed by atoms with van der Waals surface area (Å²) in [7, 11) is 9.03. The van der Waals surface area contributed by atoms with Crippen molar-refractivity contribution in [3.63, 3.8) is 0 Å². The third-order valence-electron chi connectivity index (χ3n) is 12.2. The molecule has 0 bridgehead atoms. The molecule has 3 saturated heterocycles. The van der Waals surface area contributed by atoms with Crippen molar-refractivity contribution in [1.29, 1.82) is 0 Å². The van der Waals surface area contributed by atoms with Crippen molar-refractivity contribution < 1.29 is 48.0 Å². The van der Waals surface area contributed by atoms with E-state index < -0.39 is 77.6 Å². The zero-order chi connectivity index (χ0) is 39.6. The summed E-state index contributed by atoms with van der Waals surface area (Å²) in [6.45, 7) is 13.8. The molecule has 53 heavy (non-hydrogen) atoms. The Labute approximate surface area is 316 Å². The first-order valence-corrected chi connectivity index (χ1v) is 19.4. The van der Waals surface area contributed by atoms with Crippen LogP contribution in [0.4, 0.5) is 4.79 Å². The lowest BCUT2D eigenvalue weighted by Crippen LogP contribution is -2.60. The van der Waals surface area contributed by atoms with Crippen LogP contribution in [-0.4, -0.2) is 165 Å². The van der Waals surface area contributed by atoms with Crippen LogP contribution in [0.15, 0.2) is 0 Å². The Bertz CT molecular complexity index is 1300. The number of likely N-dealkylation sites (N-methyl/N-ethyl adjacent to an activating group) is 3. The number of cyclic esters (lactones) is 1. The van der Waals surface area contributed by atoms with E-state index in [0.717, 1.165) is 12.8 Å². The highest BCUT2D eigenvalue weighted by molar-refractivity contribution is 6.00. The third-order valence-corrected chi connectivity index (χ3v) is 12.2. The molecule has 1 saturated carbocycles. The molecule has 3 aliphatic heterocycles. The number of nitrogens with zero attached hydrogens (tertiary/aromatic N) is 3. The van der Waals surface area contributed by atoms with Crippen molar-refractivity contribution >= 4 is 23.8 Å². The molecule has 4 aliphatic rings. The number of nitrogens with one attached hydrogen (secondary N) is 2. The highest BCUT2D eigenvalue weighted by Crippen LogP contribution is 2.38. The van der Waals surface area contributed by atoms with Gasteiger partial charge in [-0.05, 0) is 93.4 Å². The van der Waals surface area contributed by atoms with Crippen molar-refractivity contribution in [2.45, 2.75) is 147 Å². The summed E-state index contributed by atoms with van der Waals surface area (Å²) in [4.78, 5) is 59.4. The van der Waals surface area contributed by atoms with Crippen LogP contribution < -0.4 is 10.6 Å². The average molecular weight is 754 g/mol. The van der Waals surface area contributed by atoms with Crippen LogP contribution in [0.2, 0.25) is 0 Å². The Balaban J connectivity index is 1.64. The summed E-state index contributed by atoms with van der Waals surface area (Å²) >= 11 is 0. The van der Waals surface area contributed by atoms with E-state index in [9.17, 15) is 24.3 Å². The second-order valence-corrected chi connectivity index (χ2v) is 16.8. The molecule has 15 heteroatoms. The summed E-state index contributed by atoms with van der Waals surface area (Å²) < 4.78 is 31.2. The Morgan fingerprint density at radius 1 is 1.06 bits per heavy atom. The molecule has 304 valence electrons. The van der Waals surface area contributed by atoms with Gasteiger partial charge in [0.2, 0.25) is 5.91 Å². The van der Waals surface area contributed by atoms with E-state index in [1.807, 2.05) is 46.8 Å². The van der Waals surface area contributed by atoms with Crippen LogP contribution in [-0.2, 0) is 38.1 Å². The van der Waals surface area contributed by atoms with E-state index in [-0.39, 0.29) is 23.9 Å². The van der Waals surface area contributed by atoms with Gasteiger partial charge in [0.1, 0.15) is 18.1 Å². The Morgan fingerprint density at radius 3 is 2.30 bits per heavy atom. The summed E-state index contributed by atoms with van der Waals surface area (Å²) in [5, 5.41) is 18.1. The minimum Gasteiger partial charge on any atom is -0.458 e. The Hall–Kier alpha value is -2.40. The molecule has 1 unspecified atom stereocenters. The van der Waals surface area contributed by atoms with Gasteiger partial charge in [0.25, 0.3) is 0 Å². The van der Waals surface area contributed by atoms with Gasteiger partial charge in [-0.2, -0.15) is 0 Å². The minimum atomic E-state index is -1.19. The summed E-state index contributed by atoms with van der Waals surface area (Å²) in [6.07, 6.45) is -1.66. The number of ketones is 1. The number of alkyl carbamates (subject to hydrolysis) is 1. The zero-order valence-corrected chi connectivity index (χ0v) is 34.0. The number of ether oxygens (including phenoxy) is 5. The van der Waals surface area contributed by atoms with Crippen LogP contribution in [0.1, 0.15) is 80.6 Å². The fourth-order valence-electron chi connectivity index (χ4n) is 8.53. The average Bonchev–Trinajstić information content (AvgIpc) is 3.91. The highest BCUT2D eigenvalue weighted by Gasteiger charge is 2.55. The largest absolute Gasteiger partial charge is 0.458 e. The number of hydrogen-bond acceptors (Lipinski definition) is 13. The molecule has 0 aromatic rings. The second-order valence-electron chi connectivity index (χ2n) is 16.8. The van der Waals surface area contributed by atoms with E-state index in [4.69, 9.17) is 23.7 Å². The summed E-state index contributed by atoms with van der Waals surface area (Å²) in [5.74, 6) is -3.29. The highest BCUT2D eigenvalue weighted by atomic mass is 16.7. The monoisotopic (exact) mass is 753 g/mol. The smallest absolute Gasteiger partial charge is 0.408 e. The predicted molar refractivity (Wildman–Crippen MR) is 197 cm³/mol. The first kappa shape index (κ1) is 43.3. The number of hydrogen-bond donors (Lipinski definition) is 3. The lowest BCUT2D eigenvalue weighted by molar-refractivity contribution is -0.298. The van der Waals surface area contributed by atoms with Gasteiger partial charge in [0.05, 0.1) is 30.4 Å². The molecule has 4 rings (SSSR count). The van der Waals surface area contributed by atoms with Crippen LogP contribution in [0.25, 0.3) is 0 Å². The first-order chi connectivity index (χ1) is 24.8. The molecule has 4 fully saturated rings. The topological polar surface area (TPSA) is 168 Å². The molecule has 3 N–H and O–H groups in total. The van der Waals surface area contributed by atoms with Gasteiger partial charge in [0.15, 0.2) is 17.7 Å². The number of amides is 2. The normalized spacial score (nSPS) is 40.5. The van der Waals surface area contributed by atoms with Crippen LogP contribution in [0.5, 0.6) is 0 Å². The predicted octanol–water partition coefficient (Wildman–Crippen LogP) is 1.78. The molecular weight excluding hydrogens is 686 g/mol. The molecule has 2 amide bonds. The van der Waals surface area contributed by atoms with E-state index in [0.29, 0.717) is 44.9 Å². The van der Waals surface area contributed by atoms with Crippen LogP contribution in [0.3, 0.4) is 0 Å². The van der Waals surface area contributed by atoms with Gasteiger partial charge in [0, 0.05) is 44.7 Å². The number of methoxy groups -OCH3 is 1. The first-order valence-electron chi connectivity index (χ1n) is 19.4. The molecule has 3 heterocycles. The number of aliphatic hydroxyl groups is 1. The number of carbonyl (C=O) groups excluding carboxylic acids is 4. The van der Waals surface area contributed by atoms with Crippen molar-refractivity contribution in [2.75, 3.05) is 54.9 Å². The quantitative estimate of drug-likeness (QED) is 0.218. The van der Waals surface area contributed by atoms with Gasteiger partial charge < -0.3 is 49.2 Å². The number of Topliss-reactive ketones (excluding diaryl/α,β-unsaturated/α-hetero) is 1. The fraction of sp³-hybridized carbons (Fsp3) is 0.895. The van der Waals surface area contributed by atoms with Gasteiger partial charge >= 0.3 is 12.1 Å². The maximum absolute atomic E-state index is 14.3. The van der Waals surface area contributed by atoms with Gasteiger partial charge in [-0.15, -0.1) is 0 Å². The molecular formula is C38H67N5O10. The molecule has 0 aromatic carbocycles. The molecule has 0 aromatic heterocycles. The van der Waals surface area contributed by atoms with Gasteiger partial charge in [-0.25, -0.2) is 4.79 Å². The van der Waals surface area contributed by atoms with E-state index in [2.05, 4.69) is 22.5 Å². The van der Waals surface area contributed by atoms with E-state index in [1.165, 1.54) is 6.92 Å². The minimum absolute atomic E-state index is 0.0179. The second kappa shape index (κ2) is 17.6. The van der Waals surface area contributed by atoms with E-state index >= 15 is 0 Å². The van der Waals surface area contributed by atoms with Gasteiger partial charge in [-0.1, -0.05) is 20.8 Å².